The van der Waals surface area contributed by atoms with Crippen LogP contribution in [0.5, 0.6) is 0 Å². The van der Waals surface area contributed by atoms with Crippen LogP contribution >= 0.6 is 0 Å². The minimum absolute atomic E-state index is 0.269. The Morgan fingerprint density at radius 3 is 2.76 bits per heavy atom. The lowest BCUT2D eigenvalue weighted by Gasteiger charge is -2.06. The first-order valence-electron chi connectivity index (χ1n) is 8.01. The molecule has 2 heterocycles. The third kappa shape index (κ3) is 4.23. The SMILES string of the molecule is Cc1cc(C)n(Cc2cccc(C(=O)N/N=C/c3ccc(C)o3)c2)n1. The van der Waals surface area contributed by atoms with E-state index in [4.69, 9.17) is 4.42 Å². The molecule has 1 N–H and O–H groups in total. The molecule has 0 spiro atoms. The molecule has 6 nitrogen and oxygen atoms in total. The van der Waals surface area contributed by atoms with Gasteiger partial charge in [-0.05, 0) is 56.7 Å². The Labute approximate surface area is 146 Å². The van der Waals surface area contributed by atoms with Gasteiger partial charge in [-0.1, -0.05) is 12.1 Å². The molecule has 3 rings (SSSR count). The lowest BCUT2D eigenvalue weighted by atomic mass is 10.1. The molecule has 0 atom stereocenters. The fourth-order valence-electron chi connectivity index (χ4n) is 2.56. The number of nitrogens with zero attached hydrogens (tertiary/aromatic N) is 3. The summed E-state index contributed by atoms with van der Waals surface area (Å²) in [5, 5.41) is 8.37. The number of hydrogen-bond donors (Lipinski definition) is 1. The van der Waals surface area contributed by atoms with E-state index in [9.17, 15) is 4.79 Å². The number of aryl methyl sites for hydroxylation is 3. The molecule has 0 radical (unpaired) electrons. The van der Waals surface area contributed by atoms with Crippen molar-refractivity contribution in [2.45, 2.75) is 27.3 Å². The molecule has 0 aliphatic carbocycles. The van der Waals surface area contributed by atoms with Crippen LogP contribution in [0.1, 0.15) is 38.8 Å². The van der Waals surface area contributed by atoms with Crippen molar-refractivity contribution >= 4 is 12.1 Å². The van der Waals surface area contributed by atoms with Crippen LogP contribution in [-0.2, 0) is 6.54 Å². The average molecular weight is 336 g/mol. The molecule has 0 bridgehead atoms. The van der Waals surface area contributed by atoms with Crippen molar-refractivity contribution in [2.75, 3.05) is 0 Å². The van der Waals surface area contributed by atoms with Crippen LogP contribution < -0.4 is 5.43 Å². The van der Waals surface area contributed by atoms with Gasteiger partial charge in [-0.15, -0.1) is 0 Å². The van der Waals surface area contributed by atoms with E-state index in [-0.39, 0.29) is 5.91 Å². The number of nitrogens with one attached hydrogen (secondary N) is 1. The van der Waals surface area contributed by atoms with Gasteiger partial charge in [0.05, 0.1) is 18.5 Å². The summed E-state index contributed by atoms with van der Waals surface area (Å²) in [5.41, 5.74) is 6.13. The number of hydrogen-bond acceptors (Lipinski definition) is 4. The maximum atomic E-state index is 12.2. The summed E-state index contributed by atoms with van der Waals surface area (Å²) < 4.78 is 7.28. The summed E-state index contributed by atoms with van der Waals surface area (Å²) >= 11 is 0. The summed E-state index contributed by atoms with van der Waals surface area (Å²) in [6.45, 7) is 6.45. The van der Waals surface area contributed by atoms with Gasteiger partial charge < -0.3 is 4.42 Å². The first-order chi connectivity index (χ1) is 12.0. The number of aromatic nitrogens is 2. The van der Waals surface area contributed by atoms with E-state index in [1.54, 1.807) is 12.1 Å². The summed E-state index contributed by atoms with van der Waals surface area (Å²) in [7, 11) is 0. The minimum Gasteiger partial charge on any atom is -0.460 e. The molecule has 0 unspecified atom stereocenters. The largest absolute Gasteiger partial charge is 0.460 e. The van der Waals surface area contributed by atoms with Crippen molar-refractivity contribution in [2.24, 2.45) is 5.10 Å². The van der Waals surface area contributed by atoms with Crippen LogP contribution in [0.2, 0.25) is 0 Å². The number of carbonyl (C=O) groups is 1. The third-order valence-electron chi connectivity index (χ3n) is 3.74. The predicted octanol–water partition coefficient (Wildman–Crippen LogP) is 3.21. The molecule has 6 heteroatoms. The zero-order valence-corrected chi connectivity index (χ0v) is 14.5. The van der Waals surface area contributed by atoms with Gasteiger partial charge in [-0.2, -0.15) is 10.2 Å². The maximum Gasteiger partial charge on any atom is 0.271 e. The standard InChI is InChI=1S/C19H20N4O2/c1-13-9-14(2)23(22-13)12-16-5-4-6-17(10-16)19(24)21-20-11-18-8-7-15(3)25-18/h4-11H,12H2,1-3H3,(H,21,24)/b20-11+. The van der Waals surface area contributed by atoms with Crippen LogP contribution in [0, 0.1) is 20.8 Å². The molecule has 0 aliphatic heterocycles. The lowest BCUT2D eigenvalue weighted by Crippen LogP contribution is -2.18. The van der Waals surface area contributed by atoms with Gasteiger partial charge in [0.1, 0.15) is 11.5 Å². The topological polar surface area (TPSA) is 72.4 Å². The number of hydrazone groups is 1. The van der Waals surface area contributed by atoms with Gasteiger partial charge in [0.25, 0.3) is 5.91 Å². The molecule has 0 saturated heterocycles. The molecule has 3 aromatic rings. The smallest absolute Gasteiger partial charge is 0.271 e. The van der Waals surface area contributed by atoms with Crippen molar-refractivity contribution in [3.8, 4) is 0 Å². The van der Waals surface area contributed by atoms with E-state index in [0.29, 0.717) is 17.9 Å². The molecule has 0 saturated carbocycles. The van der Waals surface area contributed by atoms with Crippen molar-refractivity contribution < 1.29 is 9.21 Å². The zero-order chi connectivity index (χ0) is 17.8. The fourth-order valence-corrected chi connectivity index (χ4v) is 2.56. The van der Waals surface area contributed by atoms with Crippen LogP contribution in [0.3, 0.4) is 0 Å². The molecule has 0 aliphatic rings. The van der Waals surface area contributed by atoms with Gasteiger partial charge in [0, 0.05) is 11.3 Å². The minimum atomic E-state index is -0.269. The van der Waals surface area contributed by atoms with E-state index in [1.165, 1.54) is 6.21 Å². The Hall–Kier alpha value is -3.15. The van der Waals surface area contributed by atoms with Gasteiger partial charge >= 0.3 is 0 Å². The Bertz CT molecular complexity index is 921. The number of amides is 1. The van der Waals surface area contributed by atoms with Crippen LogP contribution in [0.25, 0.3) is 0 Å². The summed E-state index contributed by atoms with van der Waals surface area (Å²) in [6.07, 6.45) is 1.48. The Morgan fingerprint density at radius 2 is 2.08 bits per heavy atom. The molecule has 25 heavy (non-hydrogen) atoms. The predicted molar refractivity (Wildman–Crippen MR) is 95.8 cm³/mol. The van der Waals surface area contributed by atoms with Gasteiger partial charge in [0.2, 0.25) is 0 Å². The maximum absolute atomic E-state index is 12.2. The van der Waals surface area contributed by atoms with Gasteiger partial charge in [-0.25, -0.2) is 5.43 Å². The lowest BCUT2D eigenvalue weighted by molar-refractivity contribution is 0.0955. The summed E-state index contributed by atoms with van der Waals surface area (Å²) in [4.78, 5) is 12.2. The Kier molecular flexibility index (Phi) is 4.79. The monoisotopic (exact) mass is 336 g/mol. The van der Waals surface area contributed by atoms with Gasteiger partial charge in [0.15, 0.2) is 0 Å². The van der Waals surface area contributed by atoms with Crippen molar-refractivity contribution in [1.29, 1.82) is 0 Å². The average Bonchev–Trinajstić information content (AvgIpc) is 3.12. The first-order valence-corrected chi connectivity index (χ1v) is 8.01. The summed E-state index contributed by atoms with van der Waals surface area (Å²) in [5.74, 6) is 1.12. The van der Waals surface area contributed by atoms with Gasteiger partial charge in [-0.3, -0.25) is 9.48 Å². The molecular formula is C19H20N4O2. The zero-order valence-electron chi connectivity index (χ0n) is 14.5. The van der Waals surface area contributed by atoms with Crippen molar-refractivity contribution in [3.05, 3.63) is 76.5 Å². The third-order valence-corrected chi connectivity index (χ3v) is 3.74. The van der Waals surface area contributed by atoms with E-state index >= 15 is 0 Å². The van der Waals surface area contributed by atoms with E-state index in [1.807, 2.05) is 55.8 Å². The van der Waals surface area contributed by atoms with Crippen molar-refractivity contribution in [1.82, 2.24) is 15.2 Å². The first kappa shape index (κ1) is 16.7. The number of rotatable bonds is 5. The van der Waals surface area contributed by atoms with E-state index in [2.05, 4.69) is 15.6 Å². The molecule has 1 aromatic carbocycles. The quantitative estimate of drug-likeness (QED) is 0.574. The highest BCUT2D eigenvalue weighted by molar-refractivity contribution is 5.94. The number of furan rings is 1. The fraction of sp³-hybridized carbons (Fsp3) is 0.211. The Morgan fingerprint density at radius 1 is 1.24 bits per heavy atom. The van der Waals surface area contributed by atoms with E-state index < -0.39 is 0 Å². The highest BCUT2D eigenvalue weighted by Gasteiger charge is 2.07. The highest BCUT2D eigenvalue weighted by Crippen LogP contribution is 2.10. The normalized spacial score (nSPS) is 11.2. The molecule has 0 fully saturated rings. The molecular weight excluding hydrogens is 316 g/mol. The Balaban J connectivity index is 1.67. The second kappa shape index (κ2) is 7.17. The molecule has 2 aromatic heterocycles. The van der Waals surface area contributed by atoms with Crippen LogP contribution in [-0.4, -0.2) is 21.9 Å². The second-order valence-corrected chi connectivity index (χ2v) is 5.93. The van der Waals surface area contributed by atoms with Crippen LogP contribution in [0.15, 0.2) is 52.0 Å². The van der Waals surface area contributed by atoms with E-state index in [0.717, 1.165) is 22.7 Å². The number of benzene rings is 1. The second-order valence-electron chi connectivity index (χ2n) is 5.93. The number of carbonyl (C=O) groups excluding carboxylic acids is 1. The molecule has 128 valence electrons. The molecule has 1 amide bonds. The summed E-state index contributed by atoms with van der Waals surface area (Å²) in [6, 6.07) is 13.1. The van der Waals surface area contributed by atoms with Crippen molar-refractivity contribution in [3.63, 3.8) is 0 Å². The highest BCUT2D eigenvalue weighted by atomic mass is 16.3. The van der Waals surface area contributed by atoms with Crippen LogP contribution in [0.4, 0.5) is 0 Å².